The van der Waals surface area contributed by atoms with Crippen LogP contribution in [0.2, 0.25) is 0 Å². The lowest BCUT2D eigenvalue weighted by Crippen LogP contribution is -2.38. The molecular weight excluding hydrogens is 328 g/mol. The molecule has 6 heteroatoms. The minimum Gasteiger partial charge on any atom is -0.486 e. The SMILES string of the molecule is CC(C)C(NC(=O)CNCC1CC1)c1ccc2c(c1)OCCO2.Cl. The second-order valence-electron chi connectivity index (χ2n) is 6.77. The van der Waals surface area contributed by atoms with Gasteiger partial charge in [0, 0.05) is 0 Å². The number of carbonyl (C=O) groups is 1. The average molecular weight is 355 g/mol. The van der Waals surface area contributed by atoms with Gasteiger partial charge in [-0.1, -0.05) is 19.9 Å². The van der Waals surface area contributed by atoms with E-state index in [0.29, 0.717) is 25.7 Å². The quantitative estimate of drug-likeness (QED) is 0.790. The first-order valence-corrected chi connectivity index (χ1v) is 8.53. The molecule has 134 valence electrons. The Morgan fingerprint density at radius 1 is 1.21 bits per heavy atom. The first-order chi connectivity index (χ1) is 11.1. The summed E-state index contributed by atoms with van der Waals surface area (Å²) in [5.41, 5.74) is 1.06. The van der Waals surface area contributed by atoms with Crippen LogP contribution in [0.1, 0.15) is 38.3 Å². The largest absolute Gasteiger partial charge is 0.486 e. The molecule has 1 aromatic carbocycles. The van der Waals surface area contributed by atoms with E-state index in [-0.39, 0.29) is 24.4 Å². The number of hydrogen-bond acceptors (Lipinski definition) is 4. The van der Waals surface area contributed by atoms with Crippen LogP contribution < -0.4 is 20.1 Å². The van der Waals surface area contributed by atoms with Gasteiger partial charge in [-0.25, -0.2) is 0 Å². The molecule has 1 aliphatic carbocycles. The van der Waals surface area contributed by atoms with Gasteiger partial charge in [0.2, 0.25) is 5.91 Å². The predicted octanol–water partition coefficient (Wildman–Crippen LogP) is 2.69. The number of ether oxygens (including phenoxy) is 2. The van der Waals surface area contributed by atoms with Crippen LogP contribution in [0.3, 0.4) is 0 Å². The predicted molar refractivity (Wildman–Crippen MR) is 96.0 cm³/mol. The van der Waals surface area contributed by atoms with Crippen LogP contribution in [0.4, 0.5) is 0 Å². The van der Waals surface area contributed by atoms with Crippen molar-refractivity contribution in [3.05, 3.63) is 23.8 Å². The lowest BCUT2D eigenvalue weighted by Gasteiger charge is -2.25. The van der Waals surface area contributed by atoms with Crippen LogP contribution >= 0.6 is 12.4 Å². The van der Waals surface area contributed by atoms with Crippen molar-refractivity contribution >= 4 is 18.3 Å². The zero-order chi connectivity index (χ0) is 16.2. The molecule has 1 fully saturated rings. The highest BCUT2D eigenvalue weighted by Crippen LogP contribution is 2.34. The van der Waals surface area contributed by atoms with Crippen LogP contribution in [0.15, 0.2) is 18.2 Å². The molecule has 1 unspecified atom stereocenters. The molecule has 0 saturated heterocycles. The van der Waals surface area contributed by atoms with Crippen molar-refractivity contribution in [2.75, 3.05) is 26.3 Å². The zero-order valence-electron chi connectivity index (χ0n) is 14.3. The van der Waals surface area contributed by atoms with E-state index >= 15 is 0 Å². The van der Waals surface area contributed by atoms with Gasteiger partial charge in [-0.15, -0.1) is 12.4 Å². The Morgan fingerprint density at radius 2 is 1.92 bits per heavy atom. The van der Waals surface area contributed by atoms with E-state index in [1.807, 2.05) is 18.2 Å². The zero-order valence-corrected chi connectivity index (χ0v) is 15.2. The van der Waals surface area contributed by atoms with E-state index in [4.69, 9.17) is 9.47 Å². The van der Waals surface area contributed by atoms with Gasteiger partial charge in [-0.3, -0.25) is 4.79 Å². The smallest absolute Gasteiger partial charge is 0.234 e. The Bertz CT molecular complexity index is 561. The van der Waals surface area contributed by atoms with Crippen molar-refractivity contribution in [2.45, 2.75) is 32.7 Å². The summed E-state index contributed by atoms with van der Waals surface area (Å²) in [5.74, 6) is 2.66. The van der Waals surface area contributed by atoms with E-state index in [1.165, 1.54) is 12.8 Å². The number of amides is 1. The standard InChI is InChI=1S/C18H26N2O3.ClH/c1-12(2)18(20-17(21)11-19-10-13-3-4-13)14-5-6-15-16(9-14)23-8-7-22-15;/h5-6,9,12-13,18-19H,3-4,7-8,10-11H2,1-2H3,(H,20,21);1H. The number of benzene rings is 1. The highest BCUT2D eigenvalue weighted by atomic mass is 35.5. The van der Waals surface area contributed by atoms with Gasteiger partial charge in [0.05, 0.1) is 12.6 Å². The first kappa shape index (κ1) is 18.9. The molecule has 1 aromatic rings. The lowest BCUT2D eigenvalue weighted by molar-refractivity contribution is -0.121. The van der Waals surface area contributed by atoms with Crippen LogP contribution in [-0.2, 0) is 4.79 Å². The topological polar surface area (TPSA) is 59.6 Å². The molecule has 1 aliphatic heterocycles. The number of nitrogens with one attached hydrogen (secondary N) is 2. The molecule has 1 saturated carbocycles. The van der Waals surface area contributed by atoms with Crippen molar-refractivity contribution in [1.82, 2.24) is 10.6 Å². The summed E-state index contributed by atoms with van der Waals surface area (Å²) >= 11 is 0. The third-order valence-corrected chi connectivity index (χ3v) is 4.32. The molecule has 1 heterocycles. The van der Waals surface area contributed by atoms with E-state index < -0.39 is 0 Å². The molecule has 0 spiro atoms. The fourth-order valence-electron chi connectivity index (χ4n) is 2.82. The fourth-order valence-corrected chi connectivity index (χ4v) is 2.82. The highest BCUT2D eigenvalue weighted by Gasteiger charge is 2.23. The number of carbonyl (C=O) groups excluding carboxylic acids is 1. The van der Waals surface area contributed by atoms with E-state index in [9.17, 15) is 4.79 Å². The summed E-state index contributed by atoms with van der Waals surface area (Å²) < 4.78 is 11.2. The van der Waals surface area contributed by atoms with Gasteiger partial charge in [-0.05, 0) is 48.9 Å². The Kier molecular flexibility index (Phi) is 6.75. The van der Waals surface area contributed by atoms with Gasteiger partial charge in [0.1, 0.15) is 13.2 Å². The van der Waals surface area contributed by atoms with Gasteiger partial charge in [0.25, 0.3) is 0 Å². The Morgan fingerprint density at radius 3 is 2.58 bits per heavy atom. The minimum atomic E-state index is -0.0268. The second kappa shape index (κ2) is 8.58. The summed E-state index contributed by atoms with van der Waals surface area (Å²) in [6, 6.07) is 5.89. The number of fused-ring (bicyclic) bond motifs is 1. The first-order valence-electron chi connectivity index (χ1n) is 8.53. The molecule has 1 amide bonds. The lowest BCUT2D eigenvalue weighted by atomic mass is 9.95. The molecule has 3 rings (SSSR count). The van der Waals surface area contributed by atoms with Crippen LogP contribution in [0.25, 0.3) is 0 Å². The van der Waals surface area contributed by atoms with E-state index in [0.717, 1.165) is 29.5 Å². The monoisotopic (exact) mass is 354 g/mol. The molecule has 0 radical (unpaired) electrons. The molecule has 5 nitrogen and oxygen atoms in total. The third kappa shape index (κ3) is 5.02. The maximum atomic E-state index is 12.2. The summed E-state index contributed by atoms with van der Waals surface area (Å²) in [5, 5.41) is 6.37. The molecule has 0 aromatic heterocycles. The summed E-state index contributed by atoms with van der Waals surface area (Å²) in [6.45, 7) is 6.70. The second-order valence-corrected chi connectivity index (χ2v) is 6.77. The molecule has 1 atom stereocenters. The van der Waals surface area contributed by atoms with Gasteiger partial charge < -0.3 is 20.1 Å². The van der Waals surface area contributed by atoms with Gasteiger partial charge in [0.15, 0.2) is 11.5 Å². The van der Waals surface area contributed by atoms with Crippen LogP contribution in [0, 0.1) is 11.8 Å². The Labute approximate surface area is 149 Å². The van der Waals surface area contributed by atoms with Gasteiger partial charge in [-0.2, -0.15) is 0 Å². The summed E-state index contributed by atoms with van der Waals surface area (Å²) in [4.78, 5) is 12.2. The highest BCUT2D eigenvalue weighted by molar-refractivity contribution is 5.85. The molecule has 0 bridgehead atoms. The minimum absolute atomic E-state index is 0. The van der Waals surface area contributed by atoms with Gasteiger partial charge >= 0.3 is 0 Å². The maximum Gasteiger partial charge on any atom is 0.234 e. The van der Waals surface area contributed by atoms with Crippen LogP contribution in [-0.4, -0.2) is 32.2 Å². The maximum absolute atomic E-state index is 12.2. The van der Waals surface area contributed by atoms with Crippen molar-refractivity contribution in [1.29, 1.82) is 0 Å². The normalized spacial score (nSPS) is 17.1. The number of hydrogen-bond donors (Lipinski definition) is 2. The van der Waals surface area contributed by atoms with E-state index in [2.05, 4.69) is 24.5 Å². The molecular formula is C18H27ClN2O3. The van der Waals surface area contributed by atoms with Crippen molar-refractivity contribution in [3.63, 3.8) is 0 Å². The van der Waals surface area contributed by atoms with Crippen molar-refractivity contribution in [2.24, 2.45) is 11.8 Å². The third-order valence-electron chi connectivity index (χ3n) is 4.32. The number of halogens is 1. The Balaban J connectivity index is 0.00000208. The summed E-state index contributed by atoms with van der Waals surface area (Å²) in [6.07, 6.45) is 2.58. The Hall–Kier alpha value is -1.46. The van der Waals surface area contributed by atoms with Crippen LogP contribution in [0.5, 0.6) is 11.5 Å². The fraction of sp³-hybridized carbons (Fsp3) is 0.611. The van der Waals surface area contributed by atoms with Crippen molar-refractivity contribution < 1.29 is 14.3 Å². The molecule has 24 heavy (non-hydrogen) atoms. The van der Waals surface area contributed by atoms with Crippen molar-refractivity contribution in [3.8, 4) is 11.5 Å². The average Bonchev–Trinajstić information content (AvgIpc) is 3.36. The van der Waals surface area contributed by atoms with E-state index in [1.54, 1.807) is 0 Å². The number of rotatable bonds is 7. The molecule has 2 N–H and O–H groups in total. The summed E-state index contributed by atoms with van der Waals surface area (Å²) in [7, 11) is 0. The molecule has 2 aliphatic rings.